The fourth-order valence-electron chi connectivity index (χ4n) is 1.62. The number of carbonyl (C=O) groups excluding carboxylic acids is 4. The molecule has 0 aliphatic heterocycles. The molecule has 0 aromatic heterocycles. The van der Waals surface area contributed by atoms with Gasteiger partial charge in [0.15, 0.2) is 0 Å². The molecule has 4 nitrogen and oxygen atoms in total. The molecule has 0 heterocycles. The van der Waals surface area contributed by atoms with Crippen molar-refractivity contribution >= 4 is 67.5 Å². The molecule has 0 aromatic carbocycles. The molecule has 0 aliphatic rings. The molecule has 0 saturated heterocycles. The first kappa shape index (κ1) is 28.0. The zero-order valence-corrected chi connectivity index (χ0v) is 20.7. The van der Waals surface area contributed by atoms with E-state index in [2.05, 4.69) is 26.3 Å². The van der Waals surface area contributed by atoms with E-state index in [4.69, 9.17) is 0 Å². The molecule has 0 radical (unpaired) electrons. The number of hydrogen-bond acceptors (Lipinski definition) is 8. The summed E-state index contributed by atoms with van der Waals surface area (Å²) in [5, 5.41) is -0.618. The van der Waals surface area contributed by atoms with Crippen LogP contribution in [0.2, 0.25) is 0 Å². The van der Waals surface area contributed by atoms with E-state index in [0.717, 1.165) is 47.0 Å². The van der Waals surface area contributed by atoms with E-state index < -0.39 is 5.41 Å². The fourth-order valence-corrected chi connectivity index (χ4v) is 6.35. The van der Waals surface area contributed by atoms with Crippen LogP contribution in [0.1, 0.15) is 27.7 Å². The maximum Gasteiger partial charge on any atom is 0.214 e. The van der Waals surface area contributed by atoms with Gasteiger partial charge in [-0.05, 0) is 50.0 Å². The summed E-state index contributed by atoms with van der Waals surface area (Å²) >= 11 is 4.37. The largest absolute Gasteiger partial charge is 0.282 e. The summed E-state index contributed by atoms with van der Waals surface area (Å²) in [5.41, 5.74) is 1.06. The minimum absolute atomic E-state index is 0.155. The quantitative estimate of drug-likeness (QED) is 0.354. The van der Waals surface area contributed by atoms with Gasteiger partial charge in [-0.2, -0.15) is 0 Å². The summed E-state index contributed by atoms with van der Waals surface area (Å²) in [7, 11) is 0. The monoisotopic (exact) mass is 472 g/mol. The van der Waals surface area contributed by atoms with E-state index in [-0.39, 0.29) is 20.5 Å². The highest BCUT2D eigenvalue weighted by molar-refractivity contribution is 8.16. The molecule has 0 atom stereocenters. The van der Waals surface area contributed by atoms with Crippen molar-refractivity contribution in [3.63, 3.8) is 0 Å². The lowest BCUT2D eigenvalue weighted by molar-refractivity contribution is -0.108. The molecule has 0 amide bonds. The van der Waals surface area contributed by atoms with Gasteiger partial charge in [-0.15, -0.1) is 0 Å². The third-order valence-electron chi connectivity index (χ3n) is 3.43. The standard InChI is InChI=1S/C21H28O4S4/c1-13(2)17(22)26-9-21(10-27-18(23)14(3)4,11-28-19(24)15(5)6)12-29-20(25)16(7)8/h1,3,5,7,9-12H2,2,4,6,8H3. The number of thioether (sulfide) groups is 4. The number of carbonyl (C=O) groups is 4. The van der Waals surface area contributed by atoms with Crippen molar-refractivity contribution in [2.24, 2.45) is 5.41 Å². The fraction of sp³-hybridized carbons (Fsp3) is 0.429. The van der Waals surface area contributed by atoms with E-state index in [0.29, 0.717) is 45.3 Å². The molecule has 0 rings (SSSR count). The molecule has 0 N–H and O–H groups in total. The first-order chi connectivity index (χ1) is 13.3. The van der Waals surface area contributed by atoms with Crippen LogP contribution in [0.25, 0.3) is 0 Å². The Labute approximate surface area is 190 Å². The van der Waals surface area contributed by atoms with Crippen LogP contribution in [0.5, 0.6) is 0 Å². The Morgan fingerprint density at radius 1 is 0.517 bits per heavy atom. The summed E-state index contributed by atoms with van der Waals surface area (Å²) in [5.74, 6) is 1.40. The molecule has 29 heavy (non-hydrogen) atoms. The van der Waals surface area contributed by atoms with Gasteiger partial charge in [0.1, 0.15) is 0 Å². The van der Waals surface area contributed by atoms with Gasteiger partial charge in [0.25, 0.3) is 0 Å². The second-order valence-corrected chi connectivity index (χ2v) is 10.7. The van der Waals surface area contributed by atoms with Crippen LogP contribution in [0.3, 0.4) is 0 Å². The van der Waals surface area contributed by atoms with Crippen LogP contribution < -0.4 is 0 Å². The summed E-state index contributed by atoms with van der Waals surface area (Å²) in [6.45, 7) is 21.2. The lowest BCUT2D eigenvalue weighted by atomic mass is 9.99. The summed E-state index contributed by atoms with van der Waals surface area (Å²) in [6.07, 6.45) is 0. The van der Waals surface area contributed by atoms with Crippen LogP contribution in [-0.4, -0.2) is 43.5 Å². The summed E-state index contributed by atoms with van der Waals surface area (Å²) in [4.78, 5) is 48.5. The Morgan fingerprint density at radius 2 is 0.690 bits per heavy atom. The maximum absolute atomic E-state index is 12.1. The van der Waals surface area contributed by atoms with Crippen molar-refractivity contribution in [1.29, 1.82) is 0 Å². The number of hydrogen-bond donors (Lipinski definition) is 0. The normalized spacial score (nSPS) is 10.9. The van der Waals surface area contributed by atoms with E-state index in [9.17, 15) is 19.2 Å². The van der Waals surface area contributed by atoms with Crippen molar-refractivity contribution in [3.8, 4) is 0 Å². The second kappa shape index (κ2) is 13.4. The van der Waals surface area contributed by atoms with Crippen molar-refractivity contribution in [1.82, 2.24) is 0 Å². The zero-order valence-electron chi connectivity index (χ0n) is 17.4. The molecule has 0 bridgehead atoms. The van der Waals surface area contributed by atoms with E-state index in [1.54, 1.807) is 27.7 Å². The SMILES string of the molecule is C=C(C)C(=O)SCC(CSC(=O)C(=C)C)(CSC(=O)C(=C)C)CSC(=O)C(=C)C. The molecule has 0 aliphatic carbocycles. The second-order valence-electron chi connectivity index (χ2n) is 6.93. The molecule has 0 unspecified atom stereocenters. The van der Waals surface area contributed by atoms with E-state index in [1.165, 1.54) is 0 Å². The molecule has 0 fully saturated rings. The molecule has 8 heteroatoms. The van der Waals surface area contributed by atoms with Gasteiger partial charge in [0, 0.05) is 28.4 Å². The minimum atomic E-state index is -0.628. The highest BCUT2D eigenvalue weighted by Gasteiger charge is 2.34. The first-order valence-electron chi connectivity index (χ1n) is 8.62. The predicted molar refractivity (Wildman–Crippen MR) is 132 cm³/mol. The molecule has 160 valence electrons. The lowest BCUT2D eigenvalue weighted by Crippen LogP contribution is -2.35. The third-order valence-corrected chi connectivity index (χ3v) is 8.90. The Kier molecular flexibility index (Phi) is 12.9. The van der Waals surface area contributed by atoms with Crippen LogP contribution in [0.4, 0.5) is 0 Å². The van der Waals surface area contributed by atoms with Gasteiger partial charge < -0.3 is 0 Å². The van der Waals surface area contributed by atoms with E-state index in [1.807, 2.05) is 0 Å². The Bertz CT molecular complexity index is 611. The summed E-state index contributed by atoms with van der Waals surface area (Å²) in [6, 6.07) is 0. The van der Waals surface area contributed by atoms with E-state index >= 15 is 0 Å². The van der Waals surface area contributed by atoms with Gasteiger partial charge in [-0.3, -0.25) is 19.2 Å². The van der Waals surface area contributed by atoms with Crippen LogP contribution in [-0.2, 0) is 19.2 Å². The molecular weight excluding hydrogens is 444 g/mol. The van der Waals surface area contributed by atoms with Gasteiger partial charge in [-0.1, -0.05) is 73.4 Å². The van der Waals surface area contributed by atoms with Crippen molar-refractivity contribution < 1.29 is 19.2 Å². The highest BCUT2D eigenvalue weighted by Crippen LogP contribution is 2.37. The van der Waals surface area contributed by atoms with Crippen molar-refractivity contribution in [2.75, 3.05) is 23.0 Å². The van der Waals surface area contributed by atoms with Gasteiger partial charge in [0.05, 0.1) is 0 Å². The van der Waals surface area contributed by atoms with Gasteiger partial charge in [-0.25, -0.2) is 0 Å². The smallest absolute Gasteiger partial charge is 0.214 e. The molecule has 0 aromatic rings. The molecule has 0 saturated carbocycles. The van der Waals surface area contributed by atoms with Crippen molar-refractivity contribution in [2.45, 2.75) is 27.7 Å². The Balaban J connectivity index is 5.69. The third kappa shape index (κ3) is 11.1. The molecule has 0 spiro atoms. The lowest BCUT2D eigenvalue weighted by Gasteiger charge is -2.32. The van der Waals surface area contributed by atoms with Gasteiger partial charge in [0.2, 0.25) is 20.5 Å². The van der Waals surface area contributed by atoms with Crippen LogP contribution in [0.15, 0.2) is 48.6 Å². The number of rotatable bonds is 12. The first-order valence-corrected chi connectivity index (χ1v) is 12.6. The Morgan fingerprint density at radius 3 is 0.828 bits per heavy atom. The van der Waals surface area contributed by atoms with Gasteiger partial charge >= 0.3 is 0 Å². The maximum atomic E-state index is 12.1. The van der Waals surface area contributed by atoms with Crippen LogP contribution >= 0.6 is 47.0 Å². The topological polar surface area (TPSA) is 68.3 Å². The average Bonchev–Trinajstić information content (AvgIpc) is 2.64. The summed E-state index contributed by atoms with van der Waals surface area (Å²) < 4.78 is 0. The highest BCUT2D eigenvalue weighted by atomic mass is 32.2. The average molecular weight is 473 g/mol. The zero-order chi connectivity index (χ0) is 22.8. The van der Waals surface area contributed by atoms with Crippen molar-refractivity contribution in [3.05, 3.63) is 48.6 Å². The van der Waals surface area contributed by atoms with Crippen LogP contribution in [0, 0.1) is 5.41 Å². The predicted octanol–water partition coefficient (Wildman–Crippen LogP) is 5.32. The molecular formula is C21H28O4S4. The Hall–Kier alpha value is -0.960. The minimum Gasteiger partial charge on any atom is -0.282 e.